The van der Waals surface area contributed by atoms with E-state index < -0.39 is 8.07 Å². The van der Waals surface area contributed by atoms with Gasteiger partial charge in [-0.3, -0.25) is 4.98 Å². The second-order valence-electron chi connectivity index (χ2n) is 6.61. The molecule has 0 aliphatic rings. The number of benzene rings is 2. The van der Waals surface area contributed by atoms with E-state index in [9.17, 15) is 0 Å². The van der Waals surface area contributed by atoms with Crippen LogP contribution in [0.25, 0.3) is 22.0 Å². The van der Waals surface area contributed by atoms with Crippen molar-refractivity contribution in [1.82, 2.24) is 4.98 Å². The fourth-order valence-corrected chi connectivity index (χ4v) is 3.70. The molecule has 1 aromatic heterocycles. The van der Waals surface area contributed by atoms with Gasteiger partial charge in [0.15, 0.2) is 0 Å². The van der Waals surface area contributed by atoms with Crippen molar-refractivity contribution in [2.75, 3.05) is 7.11 Å². The molecule has 0 atom stereocenters. The van der Waals surface area contributed by atoms with Gasteiger partial charge in [0.1, 0.15) is 5.75 Å². The predicted octanol–water partition coefficient (Wildman–Crippen LogP) is 4.46. The molecule has 0 saturated heterocycles. The van der Waals surface area contributed by atoms with E-state index in [-0.39, 0.29) is 0 Å². The highest BCUT2D eigenvalue weighted by molar-refractivity contribution is 6.88. The maximum atomic E-state index is 5.20. The fourth-order valence-electron chi connectivity index (χ4n) is 2.53. The molecule has 112 valence electrons. The molecule has 2 aromatic carbocycles. The fraction of sp³-hybridized carbons (Fsp3) is 0.211. The Balaban J connectivity index is 2.02. The standard InChI is InChI=1S/C19H21NOSi/c1-21-17-8-5-14(6-9-17)19-12-15-7-10-18(22(2,3)4)11-16(15)13-20-19/h5-13H,1-4H3. The van der Waals surface area contributed by atoms with Crippen LogP contribution in [0.15, 0.2) is 54.7 Å². The molecule has 0 amide bonds. The molecule has 0 unspecified atom stereocenters. The third-order valence-corrected chi connectivity index (χ3v) is 6.02. The van der Waals surface area contributed by atoms with Crippen molar-refractivity contribution >= 4 is 24.0 Å². The molecular weight excluding hydrogens is 286 g/mol. The van der Waals surface area contributed by atoms with E-state index in [0.717, 1.165) is 17.0 Å². The van der Waals surface area contributed by atoms with E-state index in [1.165, 1.54) is 16.0 Å². The quantitative estimate of drug-likeness (QED) is 0.667. The number of nitrogens with zero attached hydrogens (tertiary/aromatic N) is 1. The summed E-state index contributed by atoms with van der Waals surface area (Å²) in [6.45, 7) is 7.11. The van der Waals surface area contributed by atoms with Crippen LogP contribution in [0.5, 0.6) is 5.75 Å². The maximum Gasteiger partial charge on any atom is 0.118 e. The zero-order chi connectivity index (χ0) is 15.7. The van der Waals surface area contributed by atoms with Gasteiger partial charge >= 0.3 is 0 Å². The number of aromatic nitrogens is 1. The Morgan fingerprint density at radius 1 is 0.864 bits per heavy atom. The number of ether oxygens (including phenoxy) is 1. The molecule has 0 aliphatic carbocycles. The Labute approximate surface area is 132 Å². The van der Waals surface area contributed by atoms with Crippen LogP contribution in [-0.2, 0) is 0 Å². The Bertz CT molecular complexity index is 804. The first-order valence-electron chi connectivity index (χ1n) is 7.52. The normalized spacial score (nSPS) is 11.6. The molecule has 3 aromatic rings. The van der Waals surface area contributed by atoms with Crippen molar-refractivity contribution in [1.29, 1.82) is 0 Å². The minimum Gasteiger partial charge on any atom is -0.497 e. The van der Waals surface area contributed by atoms with Gasteiger partial charge in [0.25, 0.3) is 0 Å². The highest BCUT2D eigenvalue weighted by Gasteiger charge is 2.16. The van der Waals surface area contributed by atoms with Crippen molar-refractivity contribution in [3.05, 3.63) is 54.7 Å². The highest BCUT2D eigenvalue weighted by Crippen LogP contribution is 2.24. The van der Waals surface area contributed by atoms with E-state index in [1.807, 2.05) is 30.5 Å². The summed E-state index contributed by atoms with van der Waals surface area (Å²) in [7, 11) is 0.400. The van der Waals surface area contributed by atoms with Crippen LogP contribution in [0.1, 0.15) is 0 Å². The minimum atomic E-state index is -1.28. The molecule has 1 heterocycles. The average Bonchev–Trinajstić information content (AvgIpc) is 2.53. The van der Waals surface area contributed by atoms with Gasteiger partial charge in [0.2, 0.25) is 0 Å². The SMILES string of the molecule is COc1ccc(-c2cc3ccc([Si](C)(C)C)cc3cn2)cc1. The molecule has 3 heteroatoms. The van der Waals surface area contributed by atoms with Gasteiger partial charge in [-0.25, -0.2) is 0 Å². The van der Waals surface area contributed by atoms with Crippen molar-refractivity contribution in [2.45, 2.75) is 19.6 Å². The lowest BCUT2D eigenvalue weighted by atomic mass is 10.1. The first-order chi connectivity index (χ1) is 10.5. The average molecular weight is 307 g/mol. The zero-order valence-electron chi connectivity index (χ0n) is 13.6. The van der Waals surface area contributed by atoms with Crippen molar-refractivity contribution in [2.24, 2.45) is 0 Å². The second kappa shape index (κ2) is 5.58. The molecule has 0 spiro atoms. The number of methoxy groups -OCH3 is 1. The summed E-state index contributed by atoms with van der Waals surface area (Å²) in [6, 6.07) is 17.0. The topological polar surface area (TPSA) is 22.1 Å². The first kappa shape index (κ1) is 14.8. The van der Waals surface area contributed by atoms with Gasteiger partial charge in [0, 0.05) is 11.8 Å². The van der Waals surface area contributed by atoms with Crippen LogP contribution in [0.3, 0.4) is 0 Å². The van der Waals surface area contributed by atoms with E-state index in [2.05, 4.69) is 48.9 Å². The van der Waals surface area contributed by atoms with Crippen LogP contribution < -0.4 is 9.92 Å². The van der Waals surface area contributed by atoms with Crippen LogP contribution in [0, 0.1) is 0 Å². The molecule has 3 rings (SSSR count). The third kappa shape index (κ3) is 2.90. The lowest BCUT2D eigenvalue weighted by Crippen LogP contribution is -2.37. The molecule has 22 heavy (non-hydrogen) atoms. The van der Waals surface area contributed by atoms with Gasteiger partial charge in [0.05, 0.1) is 20.9 Å². The Morgan fingerprint density at radius 2 is 1.59 bits per heavy atom. The van der Waals surface area contributed by atoms with E-state index in [1.54, 1.807) is 7.11 Å². The first-order valence-corrected chi connectivity index (χ1v) is 11.0. The molecule has 0 fully saturated rings. The smallest absolute Gasteiger partial charge is 0.118 e. The monoisotopic (exact) mass is 307 g/mol. The Kier molecular flexibility index (Phi) is 3.75. The van der Waals surface area contributed by atoms with Crippen molar-refractivity contribution < 1.29 is 4.74 Å². The summed E-state index contributed by atoms with van der Waals surface area (Å²) in [5, 5.41) is 3.93. The van der Waals surface area contributed by atoms with Crippen molar-refractivity contribution in [3.63, 3.8) is 0 Å². The molecular formula is C19H21NOSi. The summed E-state index contributed by atoms with van der Waals surface area (Å²) in [6.07, 6.45) is 1.98. The number of fused-ring (bicyclic) bond motifs is 1. The molecule has 0 N–H and O–H groups in total. The molecule has 0 radical (unpaired) electrons. The molecule has 0 saturated carbocycles. The van der Waals surface area contributed by atoms with E-state index >= 15 is 0 Å². The summed E-state index contributed by atoms with van der Waals surface area (Å²) in [4.78, 5) is 4.63. The number of hydrogen-bond acceptors (Lipinski definition) is 2. The molecule has 0 aliphatic heterocycles. The second-order valence-corrected chi connectivity index (χ2v) is 11.7. The van der Waals surface area contributed by atoms with Gasteiger partial charge < -0.3 is 4.74 Å². The third-order valence-electron chi connectivity index (χ3n) is 3.97. The lowest BCUT2D eigenvalue weighted by Gasteiger charge is -2.17. The van der Waals surface area contributed by atoms with Gasteiger partial charge in [-0.05, 0) is 41.1 Å². The zero-order valence-corrected chi connectivity index (χ0v) is 14.6. The van der Waals surface area contributed by atoms with Gasteiger partial charge in [-0.1, -0.05) is 43.0 Å². The lowest BCUT2D eigenvalue weighted by molar-refractivity contribution is 0.415. The Hall–Kier alpha value is -2.13. The summed E-state index contributed by atoms with van der Waals surface area (Å²) >= 11 is 0. The Morgan fingerprint density at radius 3 is 2.23 bits per heavy atom. The molecule has 0 bridgehead atoms. The minimum absolute atomic E-state index is 0.865. The summed E-state index contributed by atoms with van der Waals surface area (Å²) < 4.78 is 5.20. The number of hydrogen-bond donors (Lipinski definition) is 0. The van der Waals surface area contributed by atoms with Gasteiger partial charge in [-0.15, -0.1) is 0 Å². The summed E-state index contributed by atoms with van der Waals surface area (Å²) in [5.74, 6) is 0.865. The van der Waals surface area contributed by atoms with E-state index in [4.69, 9.17) is 4.74 Å². The van der Waals surface area contributed by atoms with Crippen LogP contribution >= 0.6 is 0 Å². The highest BCUT2D eigenvalue weighted by atomic mass is 28.3. The molecule has 2 nitrogen and oxygen atoms in total. The number of rotatable bonds is 3. The van der Waals surface area contributed by atoms with E-state index in [0.29, 0.717) is 0 Å². The number of pyridine rings is 1. The van der Waals surface area contributed by atoms with Crippen LogP contribution in [0.2, 0.25) is 19.6 Å². The van der Waals surface area contributed by atoms with Gasteiger partial charge in [-0.2, -0.15) is 0 Å². The predicted molar refractivity (Wildman–Crippen MR) is 96.7 cm³/mol. The van der Waals surface area contributed by atoms with Crippen LogP contribution in [-0.4, -0.2) is 20.2 Å². The largest absolute Gasteiger partial charge is 0.497 e. The maximum absolute atomic E-state index is 5.20. The van der Waals surface area contributed by atoms with Crippen molar-refractivity contribution in [3.8, 4) is 17.0 Å². The summed E-state index contributed by atoms with van der Waals surface area (Å²) in [5.41, 5.74) is 2.10. The van der Waals surface area contributed by atoms with Crippen LogP contribution in [0.4, 0.5) is 0 Å².